The number of carbonyl (C=O) groups is 1. The standard InChI is InChI=1S/C8H20NO.C2H5NO2.HI/c1-4-9(5-2,6-3)7-8-10;1-3-2(4)5;/h10H,4-8H2,1-3H3;3H,1H3,(H,4,5);1H/q+1;;/p-2. The van der Waals surface area contributed by atoms with E-state index in [4.69, 9.17) is 15.0 Å². The van der Waals surface area contributed by atoms with Crippen molar-refractivity contribution >= 4 is 6.09 Å². The van der Waals surface area contributed by atoms with Crippen molar-refractivity contribution < 1.29 is 43.5 Å². The van der Waals surface area contributed by atoms with Gasteiger partial charge in [-0.3, -0.25) is 0 Å². The number of amides is 1. The van der Waals surface area contributed by atoms with Crippen molar-refractivity contribution in [1.82, 2.24) is 5.32 Å². The zero-order valence-electron chi connectivity index (χ0n) is 10.6. The molecule has 0 aromatic rings. The molecule has 1 amide bonds. The Morgan fingerprint density at radius 1 is 1.25 bits per heavy atom. The fraction of sp³-hybridized carbons (Fsp3) is 0.900. The first-order chi connectivity index (χ1) is 7.01. The van der Waals surface area contributed by atoms with Gasteiger partial charge in [-0.15, -0.1) is 0 Å². The Bertz CT molecular complexity index is 156. The minimum atomic E-state index is -1.25. The number of nitrogens with one attached hydrogen (secondary N) is 1. The molecule has 0 unspecified atom stereocenters. The Kier molecular flexibility index (Phi) is 17.2. The molecule has 0 atom stereocenters. The molecule has 100 valence electrons. The molecule has 0 heterocycles. The predicted molar refractivity (Wildman–Crippen MR) is 58.3 cm³/mol. The highest BCUT2D eigenvalue weighted by Gasteiger charge is 2.18. The third-order valence-corrected chi connectivity index (χ3v) is 2.79. The van der Waals surface area contributed by atoms with Crippen molar-refractivity contribution in [3.05, 3.63) is 0 Å². The number of aliphatic hydroxyl groups excluding tert-OH is 1. The van der Waals surface area contributed by atoms with Gasteiger partial charge < -0.3 is 48.8 Å². The molecule has 0 bridgehead atoms. The number of likely N-dealkylation sites (N-methyl/N-ethyl adjacent to an activating group) is 1. The monoisotopic (exact) mass is 347 g/mol. The van der Waals surface area contributed by atoms with Crippen LogP contribution in [-0.4, -0.2) is 55.5 Å². The van der Waals surface area contributed by atoms with Crippen LogP contribution in [0.15, 0.2) is 0 Å². The Labute approximate surface area is 115 Å². The third-order valence-electron chi connectivity index (χ3n) is 2.79. The second-order valence-corrected chi connectivity index (χ2v) is 3.27. The van der Waals surface area contributed by atoms with Crippen LogP contribution in [0.3, 0.4) is 0 Å². The van der Waals surface area contributed by atoms with E-state index in [1.165, 1.54) is 7.05 Å². The minimum absolute atomic E-state index is 0. The summed E-state index contributed by atoms with van der Waals surface area (Å²) in [5, 5.41) is 19.8. The van der Waals surface area contributed by atoms with Gasteiger partial charge in [0.1, 0.15) is 12.6 Å². The quantitative estimate of drug-likeness (QED) is 0.399. The molecule has 16 heavy (non-hydrogen) atoms. The highest BCUT2D eigenvalue weighted by Crippen LogP contribution is 2.03. The summed E-state index contributed by atoms with van der Waals surface area (Å²) in [6.07, 6.45) is -1.25. The Hall–Kier alpha value is -0.0800. The molecule has 0 rings (SSSR count). The van der Waals surface area contributed by atoms with Crippen LogP contribution in [-0.2, 0) is 0 Å². The third kappa shape index (κ3) is 10.4. The van der Waals surface area contributed by atoms with Crippen molar-refractivity contribution in [2.45, 2.75) is 20.8 Å². The lowest BCUT2D eigenvalue weighted by Gasteiger charge is -2.34. The van der Waals surface area contributed by atoms with E-state index in [0.29, 0.717) is 6.61 Å². The van der Waals surface area contributed by atoms with Gasteiger partial charge in [0, 0.05) is 7.05 Å². The summed E-state index contributed by atoms with van der Waals surface area (Å²) < 4.78 is 1.05. The molecule has 6 heteroatoms. The minimum Gasteiger partial charge on any atom is -1.00 e. The Morgan fingerprint density at radius 3 is 1.62 bits per heavy atom. The zero-order chi connectivity index (χ0) is 12.3. The maximum absolute atomic E-state index is 9.15. The number of quaternary nitrogens is 1. The molecular weight excluding hydrogens is 323 g/mol. The van der Waals surface area contributed by atoms with Gasteiger partial charge in [0.2, 0.25) is 0 Å². The van der Waals surface area contributed by atoms with Crippen LogP contribution in [0, 0.1) is 0 Å². The molecule has 0 aromatic carbocycles. The van der Waals surface area contributed by atoms with E-state index in [2.05, 4.69) is 20.8 Å². The molecule has 0 saturated carbocycles. The molecular formula is C10H24IN2O3-. The summed E-state index contributed by atoms with van der Waals surface area (Å²) in [6.45, 7) is 11.2. The van der Waals surface area contributed by atoms with Crippen molar-refractivity contribution in [2.24, 2.45) is 0 Å². The van der Waals surface area contributed by atoms with Gasteiger partial charge in [-0.05, 0) is 20.8 Å². The first-order valence-corrected chi connectivity index (χ1v) is 5.36. The topological polar surface area (TPSA) is 72.4 Å². The summed E-state index contributed by atoms with van der Waals surface area (Å²) in [4.78, 5) is 9.15. The van der Waals surface area contributed by atoms with Gasteiger partial charge in [0.15, 0.2) is 0 Å². The molecule has 0 spiro atoms. The van der Waals surface area contributed by atoms with Gasteiger partial charge in [-0.25, -0.2) is 0 Å². The van der Waals surface area contributed by atoms with E-state index in [0.717, 1.165) is 30.7 Å². The summed E-state index contributed by atoms with van der Waals surface area (Å²) in [7, 11) is 1.29. The fourth-order valence-corrected chi connectivity index (χ4v) is 1.36. The normalized spacial score (nSPS) is 9.56. The van der Waals surface area contributed by atoms with E-state index in [1.54, 1.807) is 0 Å². The lowest BCUT2D eigenvalue weighted by Crippen LogP contribution is -3.00. The number of nitrogens with zero attached hydrogens (tertiary/aromatic N) is 1. The molecule has 0 aromatic heterocycles. The fourth-order valence-electron chi connectivity index (χ4n) is 1.36. The second kappa shape index (κ2) is 13.0. The van der Waals surface area contributed by atoms with E-state index in [-0.39, 0.29) is 24.0 Å². The van der Waals surface area contributed by atoms with Crippen LogP contribution >= 0.6 is 0 Å². The van der Waals surface area contributed by atoms with Gasteiger partial charge in [-0.2, -0.15) is 0 Å². The Balaban J connectivity index is -0.000000242. The van der Waals surface area contributed by atoms with Crippen molar-refractivity contribution in [2.75, 3.05) is 39.8 Å². The molecule has 0 fully saturated rings. The van der Waals surface area contributed by atoms with Crippen LogP contribution in [0.4, 0.5) is 4.79 Å². The molecule has 0 aliphatic rings. The predicted octanol–water partition coefficient (Wildman–Crippen LogP) is -3.59. The largest absolute Gasteiger partial charge is 1.00 e. The van der Waals surface area contributed by atoms with Crippen LogP contribution in [0.25, 0.3) is 0 Å². The number of aliphatic hydroxyl groups is 1. The van der Waals surface area contributed by atoms with Crippen molar-refractivity contribution in [1.29, 1.82) is 0 Å². The number of rotatable bonds is 5. The number of carboxylic acid groups (broad SMARTS) is 1. The molecule has 0 saturated heterocycles. The van der Waals surface area contributed by atoms with Crippen LogP contribution < -0.4 is 34.4 Å². The lowest BCUT2D eigenvalue weighted by atomic mass is 10.3. The number of halogens is 1. The maximum Gasteiger partial charge on any atom is 0.133 e. The molecule has 0 aliphatic heterocycles. The van der Waals surface area contributed by atoms with Crippen molar-refractivity contribution in [3.8, 4) is 0 Å². The molecule has 2 N–H and O–H groups in total. The highest BCUT2D eigenvalue weighted by molar-refractivity contribution is 5.61. The van der Waals surface area contributed by atoms with Crippen LogP contribution in [0.2, 0.25) is 0 Å². The van der Waals surface area contributed by atoms with E-state index in [1.807, 2.05) is 5.32 Å². The number of hydrogen-bond acceptors (Lipinski definition) is 3. The van der Waals surface area contributed by atoms with Crippen LogP contribution in [0.1, 0.15) is 20.8 Å². The van der Waals surface area contributed by atoms with Gasteiger partial charge in [-0.1, -0.05) is 0 Å². The SMILES string of the molecule is CC[N+](CC)(CC)CCO.CNC(=O)[O-].[I-]. The highest BCUT2D eigenvalue weighted by atomic mass is 127. The number of hydrogen-bond donors (Lipinski definition) is 2. The van der Waals surface area contributed by atoms with Crippen molar-refractivity contribution in [3.63, 3.8) is 0 Å². The maximum atomic E-state index is 9.15. The van der Waals surface area contributed by atoms with E-state index in [9.17, 15) is 0 Å². The molecule has 0 aliphatic carbocycles. The van der Waals surface area contributed by atoms with Gasteiger partial charge in [0.25, 0.3) is 0 Å². The molecule has 5 nitrogen and oxygen atoms in total. The average Bonchev–Trinajstić information content (AvgIpc) is 2.27. The lowest BCUT2D eigenvalue weighted by molar-refractivity contribution is -0.923. The summed E-state index contributed by atoms with van der Waals surface area (Å²) >= 11 is 0. The van der Waals surface area contributed by atoms with Gasteiger partial charge >= 0.3 is 0 Å². The van der Waals surface area contributed by atoms with Crippen LogP contribution in [0.5, 0.6) is 0 Å². The first-order valence-electron chi connectivity index (χ1n) is 5.36. The average molecular weight is 347 g/mol. The van der Waals surface area contributed by atoms with Gasteiger partial charge in [0.05, 0.1) is 26.2 Å². The zero-order valence-corrected chi connectivity index (χ0v) is 12.8. The van der Waals surface area contributed by atoms with E-state index < -0.39 is 6.09 Å². The summed E-state index contributed by atoms with van der Waals surface area (Å²) in [5.74, 6) is 0. The second-order valence-electron chi connectivity index (χ2n) is 3.27. The number of carbonyl (C=O) groups excluding carboxylic acids is 1. The Morgan fingerprint density at radius 2 is 1.56 bits per heavy atom. The summed E-state index contributed by atoms with van der Waals surface area (Å²) in [5.41, 5.74) is 0. The molecule has 0 radical (unpaired) electrons. The van der Waals surface area contributed by atoms with E-state index >= 15 is 0 Å². The smallest absolute Gasteiger partial charge is 0.133 e. The summed E-state index contributed by atoms with van der Waals surface area (Å²) in [6, 6.07) is 0. The first kappa shape index (κ1) is 21.2.